The SMILES string of the molecule is CCSC1CCCC1NC(C)c1cccc(C(F)(F)F)c1. The summed E-state index contributed by atoms with van der Waals surface area (Å²) in [6.07, 6.45) is -0.763. The monoisotopic (exact) mass is 317 g/mol. The molecule has 0 amide bonds. The van der Waals surface area contributed by atoms with Crippen LogP contribution in [0.25, 0.3) is 0 Å². The summed E-state index contributed by atoms with van der Waals surface area (Å²) in [7, 11) is 0. The fourth-order valence-electron chi connectivity index (χ4n) is 2.93. The molecule has 0 aromatic heterocycles. The van der Waals surface area contributed by atoms with Crippen LogP contribution in [0.5, 0.6) is 0 Å². The summed E-state index contributed by atoms with van der Waals surface area (Å²) in [5.74, 6) is 1.08. The van der Waals surface area contributed by atoms with Gasteiger partial charge < -0.3 is 5.32 Å². The number of benzene rings is 1. The molecule has 1 aromatic carbocycles. The van der Waals surface area contributed by atoms with Crippen molar-refractivity contribution in [2.24, 2.45) is 0 Å². The number of rotatable bonds is 5. The summed E-state index contributed by atoms with van der Waals surface area (Å²) in [6.45, 7) is 4.09. The van der Waals surface area contributed by atoms with E-state index >= 15 is 0 Å². The average molecular weight is 317 g/mol. The van der Waals surface area contributed by atoms with Crippen molar-refractivity contribution >= 4 is 11.8 Å². The van der Waals surface area contributed by atoms with Crippen LogP contribution in [0.2, 0.25) is 0 Å². The highest BCUT2D eigenvalue weighted by atomic mass is 32.2. The normalized spacial score (nSPS) is 24.2. The number of thioether (sulfide) groups is 1. The molecule has 3 atom stereocenters. The number of hydrogen-bond acceptors (Lipinski definition) is 2. The molecule has 1 nitrogen and oxygen atoms in total. The zero-order valence-electron chi connectivity index (χ0n) is 12.4. The van der Waals surface area contributed by atoms with Gasteiger partial charge in [-0.15, -0.1) is 0 Å². The smallest absolute Gasteiger partial charge is 0.306 e. The van der Waals surface area contributed by atoms with Gasteiger partial charge in [-0.05, 0) is 43.2 Å². The second kappa shape index (κ2) is 7.05. The lowest BCUT2D eigenvalue weighted by atomic mass is 10.0. The van der Waals surface area contributed by atoms with Gasteiger partial charge >= 0.3 is 6.18 Å². The molecule has 1 aliphatic carbocycles. The Kier molecular flexibility index (Phi) is 5.60. The number of alkyl halides is 3. The maximum absolute atomic E-state index is 12.8. The Morgan fingerprint density at radius 1 is 1.33 bits per heavy atom. The van der Waals surface area contributed by atoms with Gasteiger partial charge in [-0.2, -0.15) is 24.9 Å². The zero-order valence-corrected chi connectivity index (χ0v) is 13.2. The summed E-state index contributed by atoms with van der Waals surface area (Å²) >= 11 is 1.95. The lowest BCUT2D eigenvalue weighted by molar-refractivity contribution is -0.137. The lowest BCUT2D eigenvalue weighted by Crippen LogP contribution is -2.36. The highest BCUT2D eigenvalue weighted by molar-refractivity contribution is 7.99. The topological polar surface area (TPSA) is 12.0 Å². The Morgan fingerprint density at radius 2 is 2.10 bits per heavy atom. The van der Waals surface area contributed by atoms with Gasteiger partial charge in [0.15, 0.2) is 0 Å². The summed E-state index contributed by atoms with van der Waals surface area (Å²) in [5, 5.41) is 4.11. The van der Waals surface area contributed by atoms with Crippen molar-refractivity contribution in [3.05, 3.63) is 35.4 Å². The van der Waals surface area contributed by atoms with Crippen LogP contribution in [0.15, 0.2) is 24.3 Å². The molecule has 0 radical (unpaired) electrons. The molecule has 1 aliphatic rings. The van der Waals surface area contributed by atoms with Crippen molar-refractivity contribution in [3.8, 4) is 0 Å². The Labute approximate surface area is 128 Å². The van der Waals surface area contributed by atoms with Gasteiger partial charge in [-0.25, -0.2) is 0 Å². The van der Waals surface area contributed by atoms with Gasteiger partial charge in [0.05, 0.1) is 5.56 Å². The first-order valence-electron chi connectivity index (χ1n) is 7.46. The molecule has 118 valence electrons. The van der Waals surface area contributed by atoms with Crippen LogP contribution in [-0.4, -0.2) is 17.0 Å². The maximum Gasteiger partial charge on any atom is 0.416 e. The van der Waals surface area contributed by atoms with Crippen LogP contribution in [0, 0.1) is 0 Å². The average Bonchev–Trinajstić information content (AvgIpc) is 2.86. The van der Waals surface area contributed by atoms with Crippen molar-refractivity contribution in [3.63, 3.8) is 0 Å². The molecule has 1 N–H and O–H groups in total. The van der Waals surface area contributed by atoms with Gasteiger partial charge in [0.25, 0.3) is 0 Å². The van der Waals surface area contributed by atoms with Crippen LogP contribution >= 0.6 is 11.8 Å². The standard InChI is InChI=1S/C16H22F3NS/c1-3-21-15-9-5-8-14(15)20-11(2)12-6-4-7-13(10-12)16(17,18)19/h4,6-7,10-11,14-15,20H,3,5,8-9H2,1-2H3. The van der Waals surface area contributed by atoms with Gasteiger partial charge in [0, 0.05) is 17.3 Å². The van der Waals surface area contributed by atoms with E-state index in [4.69, 9.17) is 0 Å². The molecule has 1 saturated carbocycles. The molecule has 0 saturated heterocycles. The summed E-state index contributed by atoms with van der Waals surface area (Å²) in [5.41, 5.74) is 0.136. The molecule has 5 heteroatoms. The van der Waals surface area contributed by atoms with Crippen LogP contribution in [0.1, 0.15) is 50.3 Å². The first-order valence-corrected chi connectivity index (χ1v) is 8.51. The Balaban J connectivity index is 2.05. The third-order valence-electron chi connectivity index (χ3n) is 4.01. The van der Waals surface area contributed by atoms with E-state index < -0.39 is 11.7 Å². The molecular formula is C16H22F3NS. The van der Waals surface area contributed by atoms with Gasteiger partial charge in [0.2, 0.25) is 0 Å². The van der Waals surface area contributed by atoms with E-state index in [2.05, 4.69) is 12.2 Å². The largest absolute Gasteiger partial charge is 0.416 e. The summed E-state index contributed by atoms with van der Waals surface area (Å²) in [6, 6.07) is 5.98. The molecule has 0 aliphatic heterocycles. The maximum atomic E-state index is 12.8. The molecule has 3 unspecified atom stereocenters. The van der Waals surface area contributed by atoms with Crippen LogP contribution < -0.4 is 5.32 Å². The van der Waals surface area contributed by atoms with Crippen LogP contribution in [0.4, 0.5) is 13.2 Å². The first-order chi connectivity index (χ1) is 9.91. The van der Waals surface area contributed by atoms with Crippen molar-refractivity contribution in [1.82, 2.24) is 5.32 Å². The zero-order chi connectivity index (χ0) is 15.5. The minimum absolute atomic E-state index is 0.0599. The van der Waals surface area contributed by atoms with E-state index in [1.54, 1.807) is 6.07 Å². The number of halogens is 3. The molecular weight excluding hydrogens is 295 g/mol. The van der Waals surface area contributed by atoms with E-state index in [0.717, 1.165) is 18.2 Å². The fourth-order valence-corrected chi connectivity index (χ4v) is 4.14. The predicted octanol–water partition coefficient (Wildman–Crippen LogP) is 5.03. The van der Waals surface area contributed by atoms with Crippen LogP contribution in [-0.2, 0) is 6.18 Å². The van der Waals surface area contributed by atoms with E-state index in [9.17, 15) is 13.2 Å². The highest BCUT2D eigenvalue weighted by Crippen LogP contribution is 2.33. The third kappa shape index (κ3) is 4.39. The van der Waals surface area contributed by atoms with E-state index in [0.29, 0.717) is 16.9 Å². The summed E-state index contributed by atoms with van der Waals surface area (Å²) in [4.78, 5) is 0. The Morgan fingerprint density at radius 3 is 2.76 bits per heavy atom. The van der Waals surface area contributed by atoms with Crippen molar-refractivity contribution in [2.45, 2.75) is 56.6 Å². The molecule has 0 bridgehead atoms. The minimum Gasteiger partial charge on any atom is -0.306 e. The quantitative estimate of drug-likeness (QED) is 0.817. The first kappa shape index (κ1) is 16.7. The Hall–Kier alpha value is -0.680. The highest BCUT2D eigenvalue weighted by Gasteiger charge is 2.32. The summed E-state index contributed by atoms with van der Waals surface area (Å²) < 4.78 is 38.3. The molecule has 21 heavy (non-hydrogen) atoms. The van der Waals surface area contributed by atoms with Gasteiger partial charge in [0.1, 0.15) is 0 Å². The fraction of sp³-hybridized carbons (Fsp3) is 0.625. The second-order valence-corrected chi connectivity index (χ2v) is 7.06. The van der Waals surface area contributed by atoms with E-state index in [-0.39, 0.29) is 6.04 Å². The third-order valence-corrected chi connectivity index (χ3v) is 5.34. The Bertz CT molecular complexity index is 461. The van der Waals surface area contributed by atoms with E-state index in [1.165, 1.54) is 25.0 Å². The van der Waals surface area contributed by atoms with Crippen molar-refractivity contribution in [1.29, 1.82) is 0 Å². The molecule has 0 spiro atoms. The minimum atomic E-state index is -4.27. The van der Waals surface area contributed by atoms with E-state index in [1.807, 2.05) is 18.7 Å². The lowest BCUT2D eigenvalue weighted by Gasteiger charge is -2.25. The molecule has 1 fully saturated rings. The number of hydrogen-bond donors (Lipinski definition) is 1. The molecule has 2 rings (SSSR count). The van der Waals surface area contributed by atoms with Crippen LogP contribution in [0.3, 0.4) is 0 Å². The molecule has 1 aromatic rings. The second-order valence-electron chi connectivity index (χ2n) is 5.54. The predicted molar refractivity (Wildman–Crippen MR) is 82.6 cm³/mol. The van der Waals surface area contributed by atoms with Gasteiger partial charge in [-0.3, -0.25) is 0 Å². The van der Waals surface area contributed by atoms with Crippen molar-refractivity contribution in [2.75, 3.05) is 5.75 Å². The molecule has 0 heterocycles. The van der Waals surface area contributed by atoms with Gasteiger partial charge in [-0.1, -0.05) is 25.5 Å². The number of nitrogens with one attached hydrogen (secondary N) is 1. The van der Waals surface area contributed by atoms with Crippen molar-refractivity contribution < 1.29 is 13.2 Å².